The van der Waals surface area contributed by atoms with Crippen LogP contribution in [0.2, 0.25) is 0 Å². The fourth-order valence-corrected chi connectivity index (χ4v) is 3.67. The predicted octanol–water partition coefficient (Wildman–Crippen LogP) is 5.05. The Balaban J connectivity index is 1.29. The Bertz CT molecular complexity index is 1230. The second kappa shape index (κ2) is 11.6. The molecule has 1 fully saturated rings. The van der Waals surface area contributed by atoms with E-state index in [-0.39, 0.29) is 5.69 Å². The van der Waals surface area contributed by atoms with E-state index in [0.29, 0.717) is 22.8 Å². The Labute approximate surface area is 207 Å². The van der Waals surface area contributed by atoms with Gasteiger partial charge in [0, 0.05) is 42.4 Å². The first-order valence-corrected chi connectivity index (χ1v) is 11.5. The highest BCUT2D eigenvalue weighted by molar-refractivity contribution is 5.99. The van der Waals surface area contributed by atoms with Crippen molar-refractivity contribution in [3.8, 4) is 11.8 Å². The Morgan fingerprint density at radius 1 is 0.917 bits per heavy atom. The van der Waals surface area contributed by atoms with Crippen molar-refractivity contribution in [3.63, 3.8) is 0 Å². The van der Waals surface area contributed by atoms with E-state index < -0.39 is 17.8 Å². The molecule has 3 N–H and O–H groups in total. The number of hydrogen-bond donors (Lipinski definition) is 3. The van der Waals surface area contributed by atoms with Crippen molar-refractivity contribution in [3.05, 3.63) is 77.6 Å². The zero-order valence-corrected chi connectivity index (χ0v) is 19.4. The number of alkyl halides is 3. The summed E-state index contributed by atoms with van der Waals surface area (Å²) in [6.07, 6.45) is 1.40. The maximum absolute atomic E-state index is 12.7. The van der Waals surface area contributed by atoms with Crippen LogP contribution in [0.25, 0.3) is 0 Å². The average Bonchev–Trinajstić information content (AvgIpc) is 3.37. The lowest BCUT2D eigenvalue weighted by Crippen LogP contribution is -2.26. The lowest BCUT2D eigenvalue weighted by atomic mass is 10.2. The molecule has 3 aromatic rings. The van der Waals surface area contributed by atoms with Crippen molar-refractivity contribution in [1.29, 1.82) is 0 Å². The van der Waals surface area contributed by atoms with Crippen molar-refractivity contribution in [2.75, 3.05) is 42.1 Å². The van der Waals surface area contributed by atoms with Crippen LogP contribution in [0.5, 0.6) is 0 Å². The molecule has 0 unspecified atom stereocenters. The minimum Gasteiger partial charge on any atom is -0.353 e. The first-order valence-electron chi connectivity index (χ1n) is 11.5. The molecule has 1 saturated heterocycles. The lowest BCUT2D eigenvalue weighted by Gasteiger charge is -2.14. The SMILES string of the molecule is O=C(Nc1ccc(C(F)(F)F)cc1)Nc1cccc(C#Cc2cnc(NCCN3CCCC3)nc2)c1. The van der Waals surface area contributed by atoms with Crippen LogP contribution in [0.1, 0.15) is 29.5 Å². The summed E-state index contributed by atoms with van der Waals surface area (Å²) >= 11 is 0. The molecule has 0 aliphatic carbocycles. The van der Waals surface area contributed by atoms with Gasteiger partial charge in [0.05, 0.1) is 11.1 Å². The molecule has 1 aliphatic heterocycles. The maximum atomic E-state index is 12.7. The number of urea groups is 1. The van der Waals surface area contributed by atoms with E-state index in [9.17, 15) is 18.0 Å². The molecule has 2 heterocycles. The van der Waals surface area contributed by atoms with Gasteiger partial charge >= 0.3 is 12.2 Å². The molecule has 2 aromatic carbocycles. The third-order valence-corrected chi connectivity index (χ3v) is 5.50. The smallest absolute Gasteiger partial charge is 0.353 e. The highest BCUT2D eigenvalue weighted by Gasteiger charge is 2.30. The first-order chi connectivity index (χ1) is 17.3. The summed E-state index contributed by atoms with van der Waals surface area (Å²) in [6, 6.07) is 10.5. The molecule has 1 aliphatic rings. The molecule has 0 bridgehead atoms. The van der Waals surface area contributed by atoms with E-state index in [2.05, 4.69) is 42.7 Å². The van der Waals surface area contributed by atoms with Crippen LogP contribution in [-0.4, -0.2) is 47.1 Å². The number of amides is 2. The van der Waals surface area contributed by atoms with Crippen molar-refractivity contribution in [1.82, 2.24) is 14.9 Å². The van der Waals surface area contributed by atoms with E-state index in [4.69, 9.17) is 0 Å². The van der Waals surface area contributed by atoms with E-state index in [1.54, 1.807) is 36.7 Å². The number of carbonyl (C=O) groups is 1. The van der Waals surface area contributed by atoms with Gasteiger partial charge in [-0.25, -0.2) is 14.8 Å². The first kappa shape index (κ1) is 25.0. The largest absolute Gasteiger partial charge is 0.416 e. The molecular weight excluding hydrogens is 469 g/mol. The van der Waals surface area contributed by atoms with Crippen LogP contribution in [0, 0.1) is 11.8 Å². The Kier molecular flexibility index (Phi) is 8.02. The highest BCUT2D eigenvalue weighted by atomic mass is 19.4. The third kappa shape index (κ3) is 7.45. The maximum Gasteiger partial charge on any atom is 0.416 e. The zero-order chi connectivity index (χ0) is 25.4. The molecule has 7 nitrogen and oxygen atoms in total. The fourth-order valence-electron chi connectivity index (χ4n) is 3.67. The predicted molar refractivity (Wildman–Crippen MR) is 133 cm³/mol. The van der Waals surface area contributed by atoms with Crippen LogP contribution in [0.3, 0.4) is 0 Å². The summed E-state index contributed by atoms with van der Waals surface area (Å²) < 4.78 is 38.0. The number of halogens is 3. The van der Waals surface area contributed by atoms with Gasteiger partial charge in [0.15, 0.2) is 0 Å². The fraction of sp³-hybridized carbons (Fsp3) is 0.269. The number of hydrogen-bond acceptors (Lipinski definition) is 5. The molecule has 1 aromatic heterocycles. The second-order valence-electron chi connectivity index (χ2n) is 8.26. The van der Waals surface area contributed by atoms with Gasteiger partial charge in [-0.3, -0.25) is 0 Å². The average molecular weight is 495 g/mol. The Hall–Kier alpha value is -4.10. The number of anilines is 3. The number of likely N-dealkylation sites (tertiary alicyclic amines) is 1. The summed E-state index contributed by atoms with van der Waals surface area (Å²) in [6.45, 7) is 4.06. The van der Waals surface area contributed by atoms with E-state index in [0.717, 1.165) is 38.3 Å². The number of benzene rings is 2. The van der Waals surface area contributed by atoms with Crippen LogP contribution in [0.4, 0.5) is 35.3 Å². The van der Waals surface area contributed by atoms with Crippen molar-refractivity contribution < 1.29 is 18.0 Å². The quantitative estimate of drug-likeness (QED) is 0.418. The summed E-state index contributed by atoms with van der Waals surface area (Å²) in [5, 5.41) is 8.36. The normalized spacial score (nSPS) is 13.5. The van der Waals surface area contributed by atoms with Crippen LogP contribution >= 0.6 is 0 Å². The molecule has 0 saturated carbocycles. The van der Waals surface area contributed by atoms with Gasteiger partial charge in [-0.05, 0) is 68.4 Å². The van der Waals surface area contributed by atoms with Crippen LogP contribution in [-0.2, 0) is 6.18 Å². The van der Waals surface area contributed by atoms with Gasteiger partial charge in [0.25, 0.3) is 0 Å². The van der Waals surface area contributed by atoms with Crippen molar-refractivity contribution in [2.45, 2.75) is 19.0 Å². The van der Waals surface area contributed by atoms with Crippen LogP contribution in [0.15, 0.2) is 60.9 Å². The van der Waals surface area contributed by atoms with Gasteiger partial charge in [-0.1, -0.05) is 17.9 Å². The second-order valence-corrected chi connectivity index (χ2v) is 8.26. The van der Waals surface area contributed by atoms with Gasteiger partial charge in [-0.15, -0.1) is 0 Å². The lowest BCUT2D eigenvalue weighted by molar-refractivity contribution is -0.137. The molecule has 0 spiro atoms. The molecule has 186 valence electrons. The number of carbonyl (C=O) groups excluding carboxylic acids is 1. The minimum atomic E-state index is -4.43. The monoisotopic (exact) mass is 494 g/mol. The Morgan fingerprint density at radius 3 is 2.28 bits per heavy atom. The standard InChI is InChI=1S/C26H25F3N6O/c27-26(28,29)21-8-10-22(11-9-21)33-25(36)34-23-5-3-4-19(16-23)6-7-20-17-31-24(32-18-20)30-12-15-35-13-1-2-14-35/h3-5,8-11,16-18H,1-2,12-15H2,(H,30,31,32)(H2,33,34,36). The summed E-state index contributed by atoms with van der Waals surface area (Å²) in [5.74, 6) is 6.56. The summed E-state index contributed by atoms with van der Waals surface area (Å²) in [4.78, 5) is 23.2. The van der Waals surface area contributed by atoms with Gasteiger partial charge in [-0.2, -0.15) is 13.2 Å². The van der Waals surface area contributed by atoms with Crippen molar-refractivity contribution in [2.24, 2.45) is 0 Å². The molecule has 2 amide bonds. The minimum absolute atomic E-state index is 0.241. The number of aromatic nitrogens is 2. The topological polar surface area (TPSA) is 82.2 Å². The van der Waals surface area contributed by atoms with E-state index in [1.807, 2.05) is 0 Å². The number of nitrogens with one attached hydrogen (secondary N) is 3. The summed E-state index contributed by atoms with van der Waals surface area (Å²) in [5.41, 5.74) is 1.26. The Morgan fingerprint density at radius 2 is 1.58 bits per heavy atom. The van der Waals surface area contributed by atoms with Gasteiger partial charge < -0.3 is 20.9 Å². The van der Waals surface area contributed by atoms with Gasteiger partial charge in [0.1, 0.15) is 0 Å². The summed E-state index contributed by atoms with van der Waals surface area (Å²) in [7, 11) is 0. The molecule has 36 heavy (non-hydrogen) atoms. The van der Waals surface area contributed by atoms with Gasteiger partial charge in [0.2, 0.25) is 5.95 Å². The molecular formula is C26H25F3N6O. The third-order valence-electron chi connectivity index (χ3n) is 5.50. The number of nitrogens with zero attached hydrogens (tertiary/aromatic N) is 3. The molecule has 10 heteroatoms. The van der Waals surface area contributed by atoms with Crippen LogP contribution < -0.4 is 16.0 Å². The molecule has 4 rings (SSSR count). The molecule has 0 atom stereocenters. The number of rotatable bonds is 6. The van der Waals surface area contributed by atoms with E-state index >= 15 is 0 Å². The van der Waals surface area contributed by atoms with E-state index in [1.165, 1.54) is 25.0 Å². The van der Waals surface area contributed by atoms with Crippen molar-refractivity contribution >= 4 is 23.4 Å². The molecule has 0 radical (unpaired) electrons. The highest BCUT2D eigenvalue weighted by Crippen LogP contribution is 2.29. The zero-order valence-electron chi connectivity index (χ0n) is 19.4.